The number of hydrogen-bond donors (Lipinski definition) is 0. The highest BCUT2D eigenvalue weighted by atomic mass is 14.6. The van der Waals surface area contributed by atoms with E-state index in [1.807, 2.05) is 0 Å². The Morgan fingerprint density at radius 2 is 1.53 bits per heavy atom. The molecule has 2 aromatic carbocycles. The van der Waals surface area contributed by atoms with Gasteiger partial charge in [0.05, 0.1) is 0 Å². The summed E-state index contributed by atoms with van der Waals surface area (Å²) in [6.07, 6.45) is 10.1. The van der Waals surface area contributed by atoms with E-state index < -0.39 is 0 Å². The summed E-state index contributed by atoms with van der Waals surface area (Å²) in [6.45, 7) is 33.1. The van der Waals surface area contributed by atoms with Gasteiger partial charge in [-0.15, -0.1) is 0 Å². The first-order valence-corrected chi connectivity index (χ1v) is 16.9. The van der Waals surface area contributed by atoms with Gasteiger partial charge >= 0.3 is 0 Å². The number of rotatable bonds is 4. The van der Waals surface area contributed by atoms with E-state index in [2.05, 4.69) is 98.4 Å². The molecule has 6 rings (SSSR count). The summed E-state index contributed by atoms with van der Waals surface area (Å²) in [5, 5.41) is 0. The molecule has 4 aliphatic rings. The molecule has 0 nitrogen and oxygen atoms in total. The van der Waals surface area contributed by atoms with Crippen LogP contribution >= 0.6 is 0 Å². The van der Waals surface area contributed by atoms with Gasteiger partial charge in [-0.05, 0) is 145 Å². The number of allylic oxidation sites excluding steroid dienone is 7. The van der Waals surface area contributed by atoms with Gasteiger partial charge in [-0.1, -0.05) is 113 Å². The summed E-state index contributed by atoms with van der Waals surface area (Å²) in [6, 6.07) is 14.3. The minimum absolute atomic E-state index is 0.0321. The molecule has 1 fully saturated rings. The number of hydrogen-bond acceptors (Lipinski definition) is 0. The van der Waals surface area contributed by atoms with Crippen LogP contribution in [0.1, 0.15) is 109 Å². The zero-order valence-corrected chi connectivity index (χ0v) is 28.4. The summed E-state index contributed by atoms with van der Waals surface area (Å²) in [7, 11) is 0. The van der Waals surface area contributed by atoms with Crippen LogP contribution in [-0.2, 0) is 12.8 Å². The topological polar surface area (TPSA) is 0 Å². The van der Waals surface area contributed by atoms with Crippen LogP contribution in [0.25, 0.3) is 16.7 Å². The Morgan fingerprint density at radius 1 is 0.884 bits per heavy atom. The van der Waals surface area contributed by atoms with E-state index in [9.17, 15) is 0 Å². The SMILES string of the molecule is C=C(C)C1=C(C)C[C@]2(C)C[C@]3(C)Cc4c(-c5ccc(CC6CCC(C)CC6)cc5)ccc(C)c4C(=C)C3=C(C)[C@]2(C)C1=C. The lowest BCUT2D eigenvalue weighted by Gasteiger charge is -2.62. The molecule has 1 saturated carbocycles. The molecule has 0 heteroatoms. The van der Waals surface area contributed by atoms with Gasteiger partial charge in [0.25, 0.3) is 0 Å². The Hall–Kier alpha value is -2.86. The lowest BCUT2D eigenvalue weighted by molar-refractivity contribution is 0.0544. The standard InChI is InChI=1S/C43H54/c1-26(2)38-29(5)23-42(10)25-41(9)24-37-36(35-19-17-34(18-20-35)22-33-15-12-27(3)13-16-33)21-14-28(4)39(37)30(6)40(41)32(8)43(42,11)31(38)7/h14,17-21,27,33H,1,6-7,12-13,15-16,22-25H2,2-5,8-11H3/t27?,33?,41-,42+,43-/m0/s1. The largest absolute Gasteiger partial charge is 0.0955 e. The molecule has 0 unspecified atom stereocenters. The van der Waals surface area contributed by atoms with Crippen LogP contribution in [-0.4, -0.2) is 0 Å². The zero-order chi connectivity index (χ0) is 31.1. The molecule has 0 heterocycles. The number of benzene rings is 2. The van der Waals surface area contributed by atoms with Crippen molar-refractivity contribution >= 4 is 5.57 Å². The molecule has 43 heavy (non-hydrogen) atoms. The van der Waals surface area contributed by atoms with Gasteiger partial charge in [-0.3, -0.25) is 0 Å². The summed E-state index contributed by atoms with van der Waals surface area (Å²) in [4.78, 5) is 0. The Labute approximate surface area is 262 Å². The molecule has 3 atom stereocenters. The van der Waals surface area contributed by atoms with Gasteiger partial charge < -0.3 is 0 Å². The molecule has 0 radical (unpaired) electrons. The maximum Gasteiger partial charge on any atom is 0.0194 e. The fourth-order valence-corrected chi connectivity index (χ4v) is 10.5. The molecular formula is C43H54. The van der Waals surface area contributed by atoms with E-state index in [4.69, 9.17) is 13.2 Å². The van der Waals surface area contributed by atoms with E-state index in [1.54, 1.807) is 0 Å². The summed E-state index contributed by atoms with van der Waals surface area (Å²) < 4.78 is 0. The predicted octanol–water partition coefficient (Wildman–Crippen LogP) is 12.2. The molecule has 0 saturated heterocycles. The van der Waals surface area contributed by atoms with Crippen molar-refractivity contribution in [1.29, 1.82) is 0 Å². The average Bonchev–Trinajstić information content (AvgIpc) is 2.92. The van der Waals surface area contributed by atoms with Crippen molar-refractivity contribution < 1.29 is 0 Å². The smallest absolute Gasteiger partial charge is 0.0194 e. The summed E-state index contributed by atoms with van der Waals surface area (Å²) in [5.74, 6) is 1.76. The lowest BCUT2D eigenvalue weighted by atomic mass is 9.41. The van der Waals surface area contributed by atoms with Crippen LogP contribution < -0.4 is 0 Å². The molecule has 0 N–H and O–H groups in total. The maximum absolute atomic E-state index is 4.88. The minimum Gasteiger partial charge on any atom is -0.0955 e. The van der Waals surface area contributed by atoms with Crippen molar-refractivity contribution in [3.63, 3.8) is 0 Å². The quantitative estimate of drug-likeness (QED) is 0.343. The fourth-order valence-electron chi connectivity index (χ4n) is 10.5. The highest BCUT2D eigenvalue weighted by Gasteiger charge is 2.59. The molecule has 0 aromatic heterocycles. The predicted molar refractivity (Wildman–Crippen MR) is 187 cm³/mol. The van der Waals surface area contributed by atoms with Crippen LogP contribution in [0.3, 0.4) is 0 Å². The van der Waals surface area contributed by atoms with Crippen molar-refractivity contribution in [2.75, 3.05) is 0 Å². The van der Waals surface area contributed by atoms with Crippen LogP contribution in [0.15, 0.2) is 89.6 Å². The highest BCUT2D eigenvalue weighted by Crippen LogP contribution is 2.70. The van der Waals surface area contributed by atoms with Gasteiger partial charge in [0, 0.05) is 5.41 Å². The van der Waals surface area contributed by atoms with E-state index in [0.29, 0.717) is 0 Å². The van der Waals surface area contributed by atoms with E-state index in [-0.39, 0.29) is 16.2 Å². The molecule has 4 aliphatic carbocycles. The van der Waals surface area contributed by atoms with E-state index >= 15 is 0 Å². The van der Waals surface area contributed by atoms with Crippen LogP contribution in [0.5, 0.6) is 0 Å². The third kappa shape index (κ3) is 4.53. The first-order chi connectivity index (χ1) is 20.2. The van der Waals surface area contributed by atoms with Gasteiger partial charge in [0.2, 0.25) is 0 Å². The van der Waals surface area contributed by atoms with Crippen molar-refractivity contribution in [3.8, 4) is 11.1 Å². The van der Waals surface area contributed by atoms with Gasteiger partial charge in [0.1, 0.15) is 0 Å². The van der Waals surface area contributed by atoms with Gasteiger partial charge in [0.15, 0.2) is 0 Å². The molecule has 0 aliphatic heterocycles. The summed E-state index contributed by atoms with van der Waals surface area (Å²) >= 11 is 0. The van der Waals surface area contributed by atoms with Crippen LogP contribution in [0.2, 0.25) is 0 Å². The molecule has 0 amide bonds. The molecular weight excluding hydrogens is 516 g/mol. The van der Waals surface area contributed by atoms with Crippen molar-refractivity contribution in [2.24, 2.45) is 28.1 Å². The molecule has 0 bridgehead atoms. The average molecular weight is 571 g/mol. The van der Waals surface area contributed by atoms with Crippen molar-refractivity contribution in [1.82, 2.24) is 0 Å². The van der Waals surface area contributed by atoms with Crippen molar-refractivity contribution in [3.05, 3.63) is 112 Å². The lowest BCUT2D eigenvalue weighted by Crippen LogP contribution is -2.52. The van der Waals surface area contributed by atoms with Crippen LogP contribution in [0.4, 0.5) is 0 Å². The first kappa shape index (κ1) is 30.2. The fraction of sp³-hybridized carbons (Fsp3) is 0.488. The Morgan fingerprint density at radius 3 is 2.16 bits per heavy atom. The first-order valence-electron chi connectivity index (χ1n) is 16.9. The summed E-state index contributed by atoms with van der Waals surface area (Å²) in [5.41, 5.74) is 17.8. The third-order valence-electron chi connectivity index (χ3n) is 12.7. The van der Waals surface area contributed by atoms with Gasteiger partial charge in [-0.25, -0.2) is 0 Å². The second kappa shape index (κ2) is 10.4. The van der Waals surface area contributed by atoms with Crippen LogP contribution in [0, 0.1) is 35.0 Å². The molecule has 226 valence electrons. The van der Waals surface area contributed by atoms with E-state index in [1.165, 1.54) is 98.9 Å². The monoisotopic (exact) mass is 570 g/mol. The zero-order valence-electron chi connectivity index (χ0n) is 28.4. The third-order valence-corrected chi connectivity index (χ3v) is 12.7. The highest BCUT2D eigenvalue weighted by molar-refractivity contribution is 5.90. The molecule has 0 spiro atoms. The minimum atomic E-state index is -0.117. The Balaban J connectivity index is 1.41. The van der Waals surface area contributed by atoms with Crippen molar-refractivity contribution in [2.45, 2.75) is 107 Å². The maximum atomic E-state index is 4.88. The number of fused-ring (bicyclic) bond motifs is 3. The Kier molecular flexibility index (Phi) is 7.27. The molecule has 2 aromatic rings. The second-order valence-corrected chi connectivity index (χ2v) is 16.0. The van der Waals surface area contributed by atoms with E-state index in [0.717, 1.165) is 36.7 Å². The van der Waals surface area contributed by atoms with Gasteiger partial charge in [-0.2, -0.15) is 0 Å². The normalized spacial score (nSPS) is 32.4. The number of aryl methyl sites for hydroxylation is 1. The second-order valence-electron chi connectivity index (χ2n) is 16.0. The Bertz CT molecular complexity index is 1590.